The molecule has 4 aromatic rings. The number of hydrogen-bond acceptors (Lipinski definition) is 4. The molecule has 0 aliphatic rings. The lowest BCUT2D eigenvalue weighted by atomic mass is 10.1. The Morgan fingerprint density at radius 1 is 0.514 bits per heavy atom. The Morgan fingerprint density at radius 2 is 0.886 bits per heavy atom. The molecule has 4 aromatic carbocycles. The largest absolute Gasteiger partial charge is 0.494 e. The first-order valence-electron chi connectivity index (χ1n) is 11.8. The fraction of sp³-hybridized carbons (Fsp3) is 0.241. The monoisotopic (exact) mass is 472 g/mol. The number of ether oxygens (including phenoxy) is 2. The molecule has 0 unspecified atom stereocenters. The minimum Gasteiger partial charge on any atom is -0.494 e. The molecule has 0 aliphatic carbocycles. The van der Waals surface area contributed by atoms with Crippen molar-refractivity contribution in [3.63, 3.8) is 0 Å². The van der Waals surface area contributed by atoms with Crippen LogP contribution in [-0.4, -0.2) is 35.4 Å². The van der Waals surface area contributed by atoms with E-state index >= 15 is 0 Å². The van der Waals surface area contributed by atoms with Gasteiger partial charge in [0.2, 0.25) is 0 Å². The normalized spacial score (nSPS) is 11.0. The third kappa shape index (κ3) is 6.51. The van der Waals surface area contributed by atoms with Gasteiger partial charge in [0.1, 0.15) is 11.5 Å². The van der Waals surface area contributed by atoms with Crippen molar-refractivity contribution in [3.05, 3.63) is 83.9 Å². The molecule has 0 aromatic heterocycles. The minimum absolute atomic E-state index is 0.282. The molecule has 0 amide bonds. The van der Waals surface area contributed by atoms with Gasteiger partial charge in [-0.1, -0.05) is 43.5 Å². The lowest BCUT2D eigenvalue weighted by Gasteiger charge is -2.09. The standard InChI is InChI=1S/C29H28O6/c30-28(31)24-8-6-22-18-26(12-10-20(22)16-24)34-14-4-2-1-3-5-15-35-27-13-11-21-17-25(29(32)33)9-7-23(21)19-27/h6-13,16-19H,1-5,14-15H2,(H,30,31)(H,32,33). The maximum atomic E-state index is 11.1. The van der Waals surface area contributed by atoms with E-state index in [0.29, 0.717) is 13.2 Å². The van der Waals surface area contributed by atoms with Crippen molar-refractivity contribution in [1.82, 2.24) is 0 Å². The summed E-state index contributed by atoms with van der Waals surface area (Å²) in [5.41, 5.74) is 0.565. The Bertz CT molecular complexity index is 1240. The van der Waals surface area contributed by atoms with Gasteiger partial charge in [-0.15, -0.1) is 0 Å². The molecule has 0 saturated carbocycles. The van der Waals surface area contributed by atoms with E-state index in [1.807, 2.05) is 36.4 Å². The molecule has 0 radical (unpaired) electrons. The van der Waals surface area contributed by atoms with Crippen LogP contribution < -0.4 is 9.47 Å². The SMILES string of the molecule is O=C(O)c1ccc2cc(OCCCCCCCOc3ccc4cc(C(=O)O)ccc4c3)ccc2c1. The first-order chi connectivity index (χ1) is 17.0. The van der Waals surface area contributed by atoms with E-state index in [-0.39, 0.29) is 11.1 Å². The van der Waals surface area contributed by atoms with Gasteiger partial charge < -0.3 is 19.7 Å². The third-order valence-corrected chi connectivity index (χ3v) is 5.94. The second-order valence-electron chi connectivity index (χ2n) is 8.52. The highest BCUT2D eigenvalue weighted by Crippen LogP contribution is 2.24. The van der Waals surface area contributed by atoms with Crippen LogP contribution in [0, 0.1) is 0 Å². The topological polar surface area (TPSA) is 93.1 Å². The summed E-state index contributed by atoms with van der Waals surface area (Å²) in [6.07, 6.45) is 5.21. The quantitative estimate of drug-likeness (QED) is 0.220. The van der Waals surface area contributed by atoms with Gasteiger partial charge in [-0.05, 0) is 82.9 Å². The van der Waals surface area contributed by atoms with E-state index in [9.17, 15) is 9.59 Å². The highest BCUT2D eigenvalue weighted by molar-refractivity contribution is 5.95. The van der Waals surface area contributed by atoms with Gasteiger partial charge in [0.25, 0.3) is 0 Å². The Balaban J connectivity index is 1.11. The van der Waals surface area contributed by atoms with Crippen LogP contribution in [-0.2, 0) is 0 Å². The van der Waals surface area contributed by atoms with Gasteiger partial charge in [-0.25, -0.2) is 9.59 Å². The van der Waals surface area contributed by atoms with Crippen molar-refractivity contribution in [2.75, 3.05) is 13.2 Å². The molecule has 0 atom stereocenters. The average molecular weight is 473 g/mol. The number of carbonyl (C=O) groups is 2. The lowest BCUT2D eigenvalue weighted by molar-refractivity contribution is 0.0686. The van der Waals surface area contributed by atoms with E-state index < -0.39 is 11.9 Å². The zero-order chi connectivity index (χ0) is 24.6. The zero-order valence-corrected chi connectivity index (χ0v) is 19.4. The molecule has 0 saturated heterocycles. The summed E-state index contributed by atoms with van der Waals surface area (Å²) in [7, 11) is 0. The Morgan fingerprint density at radius 3 is 1.31 bits per heavy atom. The molecule has 0 fully saturated rings. The number of carboxylic acids is 2. The fourth-order valence-corrected chi connectivity index (χ4v) is 4.01. The summed E-state index contributed by atoms with van der Waals surface area (Å²) in [6.45, 7) is 1.30. The van der Waals surface area contributed by atoms with Crippen molar-refractivity contribution in [3.8, 4) is 11.5 Å². The van der Waals surface area contributed by atoms with Gasteiger partial charge in [0.05, 0.1) is 24.3 Å². The molecule has 6 heteroatoms. The summed E-state index contributed by atoms with van der Waals surface area (Å²) >= 11 is 0. The van der Waals surface area contributed by atoms with Crippen molar-refractivity contribution in [2.24, 2.45) is 0 Å². The van der Waals surface area contributed by atoms with Crippen LogP contribution in [0.4, 0.5) is 0 Å². The molecule has 6 nitrogen and oxygen atoms in total. The van der Waals surface area contributed by atoms with Gasteiger partial charge in [0, 0.05) is 0 Å². The van der Waals surface area contributed by atoms with Crippen LogP contribution >= 0.6 is 0 Å². The summed E-state index contributed by atoms with van der Waals surface area (Å²) in [6, 6.07) is 21.6. The Labute approximate surface area is 203 Å². The second kappa shape index (κ2) is 11.4. The first-order valence-corrected chi connectivity index (χ1v) is 11.8. The molecule has 4 rings (SSSR count). The number of benzene rings is 4. The number of rotatable bonds is 12. The predicted molar refractivity (Wildman–Crippen MR) is 136 cm³/mol. The lowest BCUT2D eigenvalue weighted by Crippen LogP contribution is -1.99. The number of hydrogen-bond donors (Lipinski definition) is 2. The van der Waals surface area contributed by atoms with E-state index in [2.05, 4.69) is 0 Å². The summed E-state index contributed by atoms with van der Waals surface area (Å²) in [4.78, 5) is 22.2. The van der Waals surface area contributed by atoms with E-state index in [4.69, 9.17) is 19.7 Å². The zero-order valence-electron chi connectivity index (χ0n) is 19.4. The van der Waals surface area contributed by atoms with Gasteiger partial charge in [-0.2, -0.15) is 0 Å². The van der Waals surface area contributed by atoms with E-state index in [1.54, 1.807) is 36.4 Å². The van der Waals surface area contributed by atoms with Crippen LogP contribution in [0.1, 0.15) is 52.8 Å². The molecule has 0 heterocycles. The van der Waals surface area contributed by atoms with Crippen molar-refractivity contribution in [2.45, 2.75) is 32.1 Å². The van der Waals surface area contributed by atoms with Crippen molar-refractivity contribution >= 4 is 33.5 Å². The molecular weight excluding hydrogens is 444 g/mol. The second-order valence-corrected chi connectivity index (χ2v) is 8.52. The van der Waals surface area contributed by atoms with E-state index in [0.717, 1.165) is 65.1 Å². The molecule has 180 valence electrons. The van der Waals surface area contributed by atoms with Crippen molar-refractivity contribution < 1.29 is 29.3 Å². The predicted octanol–water partition coefficient (Wildman–Crippen LogP) is 6.80. The minimum atomic E-state index is -0.926. The number of unbranched alkanes of at least 4 members (excludes halogenated alkanes) is 4. The van der Waals surface area contributed by atoms with Crippen LogP contribution in [0.5, 0.6) is 11.5 Å². The summed E-state index contributed by atoms with van der Waals surface area (Å²) in [5.74, 6) is -0.262. The van der Waals surface area contributed by atoms with Crippen LogP contribution in [0.3, 0.4) is 0 Å². The third-order valence-electron chi connectivity index (χ3n) is 5.94. The first kappa shape index (κ1) is 24.1. The Kier molecular flexibility index (Phi) is 7.83. The van der Waals surface area contributed by atoms with Crippen LogP contribution in [0.15, 0.2) is 72.8 Å². The smallest absolute Gasteiger partial charge is 0.335 e. The summed E-state index contributed by atoms with van der Waals surface area (Å²) < 4.78 is 11.7. The fourth-order valence-electron chi connectivity index (χ4n) is 4.01. The number of aromatic carboxylic acids is 2. The molecule has 35 heavy (non-hydrogen) atoms. The van der Waals surface area contributed by atoms with Gasteiger partial charge >= 0.3 is 11.9 Å². The van der Waals surface area contributed by atoms with E-state index in [1.165, 1.54) is 0 Å². The molecule has 0 spiro atoms. The molecule has 0 bridgehead atoms. The van der Waals surface area contributed by atoms with Crippen LogP contribution in [0.25, 0.3) is 21.5 Å². The highest BCUT2D eigenvalue weighted by atomic mass is 16.5. The van der Waals surface area contributed by atoms with Gasteiger partial charge in [-0.3, -0.25) is 0 Å². The average Bonchev–Trinajstić information content (AvgIpc) is 2.86. The molecular formula is C29H28O6. The number of carboxylic acid groups (broad SMARTS) is 2. The number of fused-ring (bicyclic) bond motifs is 2. The molecule has 2 N–H and O–H groups in total. The molecule has 0 aliphatic heterocycles. The summed E-state index contributed by atoms with van der Waals surface area (Å²) in [5, 5.41) is 21.9. The highest BCUT2D eigenvalue weighted by Gasteiger charge is 2.06. The van der Waals surface area contributed by atoms with Crippen LogP contribution in [0.2, 0.25) is 0 Å². The Hall–Kier alpha value is -4.06. The van der Waals surface area contributed by atoms with Gasteiger partial charge in [0.15, 0.2) is 0 Å². The maximum Gasteiger partial charge on any atom is 0.335 e. The maximum absolute atomic E-state index is 11.1. The van der Waals surface area contributed by atoms with Crippen molar-refractivity contribution in [1.29, 1.82) is 0 Å².